The lowest BCUT2D eigenvalue weighted by atomic mass is 9.89. The van der Waals surface area contributed by atoms with Crippen molar-refractivity contribution in [2.75, 3.05) is 6.54 Å². The van der Waals surface area contributed by atoms with E-state index in [4.69, 9.17) is 0 Å². The fourth-order valence-electron chi connectivity index (χ4n) is 3.11. The molecular weight excluding hydrogens is 276 g/mol. The van der Waals surface area contributed by atoms with Gasteiger partial charge in [-0.25, -0.2) is 9.67 Å². The highest BCUT2D eigenvalue weighted by Crippen LogP contribution is 2.31. The molecule has 3 heterocycles. The lowest BCUT2D eigenvalue weighted by Crippen LogP contribution is -2.58. The predicted molar refractivity (Wildman–Crippen MR) is 89.6 cm³/mol. The number of aliphatic imine (C=N–C) groups is 2. The molecule has 1 aromatic rings. The first-order valence-corrected chi connectivity index (χ1v) is 7.94. The van der Waals surface area contributed by atoms with Gasteiger partial charge in [0.25, 0.3) is 0 Å². The highest BCUT2D eigenvalue weighted by atomic mass is 15.4. The molecule has 0 saturated carbocycles. The first-order chi connectivity index (χ1) is 10.6. The van der Waals surface area contributed by atoms with Crippen molar-refractivity contribution in [3.05, 3.63) is 24.7 Å². The van der Waals surface area contributed by atoms with Crippen LogP contribution in [0.3, 0.4) is 0 Å². The summed E-state index contributed by atoms with van der Waals surface area (Å²) in [5, 5.41) is 7.88. The average molecular weight is 300 g/mol. The van der Waals surface area contributed by atoms with Crippen LogP contribution in [-0.4, -0.2) is 45.1 Å². The fraction of sp³-hybridized carbons (Fsp3) is 0.562. The zero-order valence-electron chi connectivity index (χ0n) is 13.7. The number of aromatic nitrogens is 2. The molecule has 2 aliphatic rings. The van der Waals surface area contributed by atoms with Crippen molar-refractivity contribution in [1.29, 1.82) is 0 Å². The Morgan fingerprint density at radius 3 is 2.91 bits per heavy atom. The minimum Gasteiger partial charge on any atom is -0.353 e. The summed E-state index contributed by atoms with van der Waals surface area (Å²) in [4.78, 5) is 11.4. The van der Waals surface area contributed by atoms with E-state index < -0.39 is 0 Å². The van der Waals surface area contributed by atoms with Gasteiger partial charge in [0.05, 0.1) is 5.70 Å². The van der Waals surface area contributed by atoms with Gasteiger partial charge in [-0.3, -0.25) is 4.99 Å². The van der Waals surface area contributed by atoms with Crippen LogP contribution in [0.5, 0.6) is 0 Å². The average Bonchev–Trinajstić information content (AvgIpc) is 3.01. The van der Waals surface area contributed by atoms with E-state index in [1.165, 1.54) is 5.70 Å². The molecule has 0 aliphatic carbocycles. The second-order valence-corrected chi connectivity index (χ2v) is 6.06. The molecule has 0 aromatic carbocycles. The Labute approximate surface area is 131 Å². The van der Waals surface area contributed by atoms with E-state index in [1.807, 2.05) is 30.1 Å². The molecule has 118 valence electrons. The Balaban J connectivity index is 1.97. The summed E-state index contributed by atoms with van der Waals surface area (Å²) in [6, 6.07) is 2.35. The van der Waals surface area contributed by atoms with Gasteiger partial charge in [-0.1, -0.05) is 0 Å². The minimum absolute atomic E-state index is 0.210. The van der Waals surface area contributed by atoms with Crippen LogP contribution in [0.2, 0.25) is 0 Å². The molecule has 1 N–H and O–H groups in total. The van der Waals surface area contributed by atoms with Gasteiger partial charge in [-0.05, 0) is 33.8 Å². The van der Waals surface area contributed by atoms with Crippen LogP contribution >= 0.6 is 0 Å². The Hall–Kier alpha value is -2.11. The first-order valence-electron chi connectivity index (χ1n) is 7.94. The van der Waals surface area contributed by atoms with Crippen LogP contribution in [0.15, 0.2) is 34.6 Å². The molecule has 0 amide bonds. The number of nitrogens with zero attached hydrogens (tertiary/aromatic N) is 5. The van der Waals surface area contributed by atoms with Crippen LogP contribution < -0.4 is 5.32 Å². The van der Waals surface area contributed by atoms with E-state index in [9.17, 15) is 0 Å². The Bertz CT molecular complexity index is 611. The molecule has 0 radical (unpaired) electrons. The molecule has 3 rings (SSSR count). The lowest BCUT2D eigenvalue weighted by molar-refractivity contribution is 0.164. The highest BCUT2D eigenvalue weighted by Gasteiger charge is 2.38. The van der Waals surface area contributed by atoms with E-state index in [1.54, 1.807) is 0 Å². The molecule has 0 spiro atoms. The summed E-state index contributed by atoms with van der Waals surface area (Å²) < 4.78 is 1.95. The Kier molecular flexibility index (Phi) is 4.00. The number of allylic oxidation sites excluding steroid dienone is 1. The number of nitrogens with one attached hydrogen (secondary N) is 1. The van der Waals surface area contributed by atoms with Crippen LogP contribution in [0.25, 0.3) is 5.70 Å². The van der Waals surface area contributed by atoms with Crippen LogP contribution in [0, 0.1) is 5.92 Å². The molecule has 6 heteroatoms. The molecule has 2 aliphatic heterocycles. The maximum Gasteiger partial charge on any atom is 0.219 e. The summed E-state index contributed by atoms with van der Waals surface area (Å²) in [5.41, 5.74) is 2.34. The predicted octanol–water partition coefficient (Wildman–Crippen LogP) is 2.18. The van der Waals surface area contributed by atoms with Crippen molar-refractivity contribution >= 4 is 17.4 Å². The molecule has 2 atom stereocenters. The van der Waals surface area contributed by atoms with E-state index in [0.717, 1.165) is 24.6 Å². The molecule has 6 nitrogen and oxygen atoms in total. The number of fused-ring (bicyclic) bond motifs is 1. The summed E-state index contributed by atoms with van der Waals surface area (Å²) in [7, 11) is 0. The quantitative estimate of drug-likeness (QED) is 0.931. The maximum atomic E-state index is 4.64. The zero-order chi connectivity index (χ0) is 15.7. The molecular formula is C16H24N6. The molecule has 1 aromatic heterocycles. The second kappa shape index (κ2) is 5.94. The lowest BCUT2D eigenvalue weighted by Gasteiger charge is -2.45. The number of guanidine groups is 1. The van der Waals surface area contributed by atoms with Gasteiger partial charge in [-0.2, -0.15) is 5.10 Å². The third-order valence-electron chi connectivity index (χ3n) is 4.23. The van der Waals surface area contributed by atoms with Crippen LogP contribution in [0.1, 0.15) is 34.1 Å². The summed E-state index contributed by atoms with van der Waals surface area (Å²) >= 11 is 0. The van der Waals surface area contributed by atoms with Crippen LogP contribution in [0.4, 0.5) is 0 Å². The summed E-state index contributed by atoms with van der Waals surface area (Å²) in [6.07, 6.45) is 7.17. The van der Waals surface area contributed by atoms with Gasteiger partial charge in [0.2, 0.25) is 5.96 Å². The van der Waals surface area contributed by atoms with Gasteiger partial charge in [0.15, 0.2) is 0 Å². The van der Waals surface area contributed by atoms with E-state index in [2.05, 4.69) is 52.3 Å². The van der Waals surface area contributed by atoms with Crippen molar-refractivity contribution in [1.82, 2.24) is 20.0 Å². The highest BCUT2D eigenvalue weighted by molar-refractivity contribution is 6.00. The van der Waals surface area contributed by atoms with E-state index in [0.29, 0.717) is 12.0 Å². The van der Waals surface area contributed by atoms with Gasteiger partial charge >= 0.3 is 0 Å². The van der Waals surface area contributed by atoms with Crippen molar-refractivity contribution < 1.29 is 0 Å². The van der Waals surface area contributed by atoms with E-state index >= 15 is 0 Å². The SMILES string of the molecule is CCN=C1N=C(C)C2CC(n3cccn3)=CN(C(C)C)C2N1. The Morgan fingerprint density at radius 1 is 1.45 bits per heavy atom. The standard InChI is InChI=1S/C16H24N6/c1-5-17-16-19-12(4)14-9-13(22-8-6-7-18-22)10-21(11(2)3)15(14)20-16/h6-8,10-11,14-15H,5,9H2,1-4H3,(H,17,20). The number of hydrogen-bond acceptors (Lipinski definition) is 3. The first kappa shape index (κ1) is 14.8. The van der Waals surface area contributed by atoms with Crippen LogP contribution in [-0.2, 0) is 0 Å². The van der Waals surface area contributed by atoms with Crippen molar-refractivity contribution in [3.63, 3.8) is 0 Å². The smallest absolute Gasteiger partial charge is 0.219 e. The summed E-state index contributed by atoms with van der Waals surface area (Å²) in [6.45, 7) is 9.29. The van der Waals surface area contributed by atoms with Crippen molar-refractivity contribution in [2.24, 2.45) is 15.9 Å². The third kappa shape index (κ3) is 2.65. The van der Waals surface area contributed by atoms with Gasteiger partial charge in [0, 0.05) is 49.2 Å². The Morgan fingerprint density at radius 2 is 2.27 bits per heavy atom. The molecule has 0 saturated heterocycles. The largest absolute Gasteiger partial charge is 0.353 e. The normalized spacial score (nSPS) is 26.6. The van der Waals surface area contributed by atoms with Crippen molar-refractivity contribution in [3.8, 4) is 0 Å². The van der Waals surface area contributed by atoms with Gasteiger partial charge in [-0.15, -0.1) is 0 Å². The fourth-order valence-corrected chi connectivity index (χ4v) is 3.11. The second-order valence-electron chi connectivity index (χ2n) is 6.06. The maximum absolute atomic E-state index is 4.64. The molecule has 22 heavy (non-hydrogen) atoms. The third-order valence-corrected chi connectivity index (χ3v) is 4.23. The zero-order valence-corrected chi connectivity index (χ0v) is 13.7. The minimum atomic E-state index is 0.210. The monoisotopic (exact) mass is 300 g/mol. The molecule has 2 unspecified atom stereocenters. The topological polar surface area (TPSA) is 57.8 Å². The van der Waals surface area contributed by atoms with E-state index in [-0.39, 0.29) is 6.17 Å². The van der Waals surface area contributed by atoms with Gasteiger partial charge in [0.1, 0.15) is 6.17 Å². The van der Waals surface area contributed by atoms with Crippen molar-refractivity contribution in [2.45, 2.75) is 46.3 Å². The molecule has 0 fully saturated rings. The van der Waals surface area contributed by atoms with Gasteiger partial charge < -0.3 is 10.2 Å². The number of hydrogen-bond donors (Lipinski definition) is 1. The summed E-state index contributed by atoms with van der Waals surface area (Å²) in [5.74, 6) is 1.09. The number of rotatable bonds is 3. The molecule has 0 bridgehead atoms.